The van der Waals surface area contributed by atoms with E-state index < -0.39 is 23.4 Å². The van der Waals surface area contributed by atoms with Crippen molar-refractivity contribution >= 4 is 0 Å². The lowest BCUT2D eigenvalue weighted by Crippen LogP contribution is -2.58. The lowest BCUT2D eigenvalue weighted by Gasteiger charge is -2.48. The quantitative estimate of drug-likeness (QED) is 0.761. The fraction of sp³-hybridized carbons (Fsp3) is 0.550. The number of hydrogen-bond donors (Lipinski definition) is 0. The summed E-state index contributed by atoms with van der Waals surface area (Å²) in [5.41, 5.74) is -0.995. The summed E-state index contributed by atoms with van der Waals surface area (Å²) in [6, 6.07) is 6.79. The van der Waals surface area contributed by atoms with Crippen molar-refractivity contribution < 1.29 is 22.4 Å². The monoisotopic (exact) mass is 406 g/mol. The van der Waals surface area contributed by atoms with E-state index in [0.29, 0.717) is 13.2 Å². The van der Waals surface area contributed by atoms with Crippen LogP contribution in [0, 0.1) is 11.3 Å². The molecule has 0 unspecified atom stereocenters. The molecule has 2 aliphatic rings. The molecule has 4 rings (SSSR count). The highest BCUT2D eigenvalue weighted by Gasteiger charge is 2.47. The first-order chi connectivity index (χ1) is 13.9. The van der Waals surface area contributed by atoms with Crippen LogP contribution in [0.25, 0.3) is 11.4 Å². The third kappa shape index (κ3) is 4.00. The van der Waals surface area contributed by atoms with Crippen molar-refractivity contribution in [1.82, 2.24) is 15.0 Å². The Bertz CT molecular complexity index is 894. The average molecular weight is 406 g/mol. The number of halogens is 3. The van der Waals surface area contributed by atoms with E-state index in [4.69, 9.17) is 9.26 Å². The number of benzene rings is 1. The van der Waals surface area contributed by atoms with E-state index in [1.807, 2.05) is 4.90 Å². The molecule has 6 nitrogen and oxygen atoms in total. The number of nitriles is 1. The SMILES string of the molecule is N#C[C@@H]1N(Cc2nc(-c3cccc(C(F)(F)F)c3)no2)CCC[C@@]12CCCCO2. The highest BCUT2D eigenvalue weighted by Crippen LogP contribution is 2.39. The van der Waals surface area contributed by atoms with Crippen LogP contribution in [-0.2, 0) is 17.5 Å². The van der Waals surface area contributed by atoms with E-state index in [1.165, 1.54) is 12.1 Å². The summed E-state index contributed by atoms with van der Waals surface area (Å²) in [5.74, 6) is 0.366. The fourth-order valence-electron chi connectivity index (χ4n) is 4.28. The Balaban J connectivity index is 1.52. The Hall–Kier alpha value is -2.44. The zero-order chi connectivity index (χ0) is 20.5. The van der Waals surface area contributed by atoms with E-state index >= 15 is 0 Å². The molecule has 1 aromatic heterocycles. The van der Waals surface area contributed by atoms with Crippen LogP contribution in [0.5, 0.6) is 0 Å². The lowest BCUT2D eigenvalue weighted by atomic mass is 9.79. The highest BCUT2D eigenvalue weighted by molar-refractivity contribution is 5.55. The number of alkyl halides is 3. The predicted molar refractivity (Wildman–Crippen MR) is 96.3 cm³/mol. The van der Waals surface area contributed by atoms with E-state index in [0.717, 1.165) is 44.2 Å². The van der Waals surface area contributed by atoms with Crippen LogP contribution < -0.4 is 0 Å². The van der Waals surface area contributed by atoms with Gasteiger partial charge < -0.3 is 9.26 Å². The molecule has 0 amide bonds. The van der Waals surface area contributed by atoms with Crippen molar-refractivity contribution in [1.29, 1.82) is 5.26 Å². The van der Waals surface area contributed by atoms with Crippen molar-refractivity contribution in [2.45, 2.75) is 56.5 Å². The molecule has 2 saturated heterocycles. The average Bonchev–Trinajstić information content (AvgIpc) is 3.17. The molecule has 0 N–H and O–H groups in total. The summed E-state index contributed by atoms with van der Waals surface area (Å²) in [5, 5.41) is 13.6. The Morgan fingerprint density at radius 3 is 2.79 bits per heavy atom. The highest BCUT2D eigenvalue weighted by atomic mass is 19.4. The van der Waals surface area contributed by atoms with E-state index in [9.17, 15) is 18.4 Å². The van der Waals surface area contributed by atoms with Gasteiger partial charge in [-0.15, -0.1) is 0 Å². The Kier molecular flexibility index (Phi) is 5.32. The maximum atomic E-state index is 12.9. The summed E-state index contributed by atoms with van der Waals surface area (Å²) in [4.78, 5) is 6.23. The zero-order valence-electron chi connectivity index (χ0n) is 15.8. The van der Waals surface area contributed by atoms with Gasteiger partial charge in [0, 0.05) is 18.7 Å². The maximum absolute atomic E-state index is 12.9. The van der Waals surface area contributed by atoms with E-state index in [2.05, 4.69) is 16.2 Å². The molecule has 2 atom stereocenters. The van der Waals surface area contributed by atoms with Crippen LogP contribution in [-0.4, -0.2) is 39.8 Å². The molecule has 9 heteroatoms. The van der Waals surface area contributed by atoms with Crippen molar-refractivity contribution in [2.24, 2.45) is 0 Å². The van der Waals surface area contributed by atoms with Gasteiger partial charge in [0.05, 0.1) is 23.8 Å². The second-order valence-electron chi connectivity index (χ2n) is 7.57. The van der Waals surface area contributed by atoms with Gasteiger partial charge in [0.25, 0.3) is 0 Å². The van der Waals surface area contributed by atoms with Crippen LogP contribution in [0.3, 0.4) is 0 Å². The van der Waals surface area contributed by atoms with Crippen LogP contribution in [0.4, 0.5) is 13.2 Å². The minimum Gasteiger partial charge on any atom is -0.372 e. The molecule has 0 saturated carbocycles. The summed E-state index contributed by atoms with van der Waals surface area (Å²) in [6.07, 6.45) is 0.190. The number of aromatic nitrogens is 2. The van der Waals surface area contributed by atoms with Crippen molar-refractivity contribution in [3.63, 3.8) is 0 Å². The van der Waals surface area contributed by atoms with Gasteiger partial charge in [-0.2, -0.15) is 23.4 Å². The third-order valence-corrected chi connectivity index (χ3v) is 5.67. The topological polar surface area (TPSA) is 75.2 Å². The van der Waals surface area contributed by atoms with Gasteiger partial charge in [-0.1, -0.05) is 17.3 Å². The van der Waals surface area contributed by atoms with Gasteiger partial charge in [0.1, 0.15) is 6.04 Å². The first-order valence-electron chi connectivity index (χ1n) is 9.69. The van der Waals surface area contributed by atoms with Crippen molar-refractivity contribution in [2.75, 3.05) is 13.2 Å². The summed E-state index contributed by atoms with van der Waals surface area (Å²) >= 11 is 0. The number of likely N-dealkylation sites (tertiary alicyclic amines) is 1. The summed E-state index contributed by atoms with van der Waals surface area (Å²) in [7, 11) is 0. The minimum atomic E-state index is -4.44. The molecule has 2 fully saturated rings. The minimum absolute atomic E-state index is 0.0975. The maximum Gasteiger partial charge on any atom is 0.416 e. The molecule has 2 aromatic rings. The number of rotatable bonds is 3. The van der Waals surface area contributed by atoms with Gasteiger partial charge in [-0.3, -0.25) is 4.90 Å². The van der Waals surface area contributed by atoms with E-state index in [1.54, 1.807) is 0 Å². The third-order valence-electron chi connectivity index (χ3n) is 5.67. The van der Waals surface area contributed by atoms with Gasteiger partial charge in [-0.05, 0) is 44.2 Å². The smallest absolute Gasteiger partial charge is 0.372 e. The molecule has 2 aliphatic heterocycles. The largest absolute Gasteiger partial charge is 0.416 e. The molecule has 29 heavy (non-hydrogen) atoms. The number of piperidine rings is 1. The molecule has 154 valence electrons. The fourth-order valence-corrected chi connectivity index (χ4v) is 4.28. The van der Waals surface area contributed by atoms with E-state index in [-0.39, 0.29) is 23.8 Å². The Morgan fingerprint density at radius 2 is 2.07 bits per heavy atom. The standard InChI is InChI=1S/C20H21F3N4O2/c21-20(22,23)15-6-3-5-14(11-15)18-25-17(29-26-18)13-27-9-4-8-19(16(27)12-24)7-1-2-10-28-19/h3,5-6,11,16H,1-2,4,7-10,13H2/t16-,19-/m0/s1. The Morgan fingerprint density at radius 1 is 1.24 bits per heavy atom. The Labute approximate surface area is 166 Å². The van der Waals surface area contributed by atoms with Crippen molar-refractivity contribution in [3.8, 4) is 17.5 Å². The molecule has 3 heterocycles. The number of nitrogens with zero attached hydrogens (tertiary/aromatic N) is 4. The first-order valence-corrected chi connectivity index (χ1v) is 9.69. The summed E-state index contributed by atoms with van der Waals surface area (Å²) in [6.45, 7) is 1.62. The van der Waals surface area contributed by atoms with Crippen LogP contribution in [0.1, 0.15) is 43.6 Å². The second kappa shape index (κ2) is 7.76. The van der Waals surface area contributed by atoms with Gasteiger partial charge in [-0.25, -0.2) is 0 Å². The summed E-state index contributed by atoms with van der Waals surface area (Å²) < 4.78 is 50.2. The number of hydrogen-bond acceptors (Lipinski definition) is 6. The van der Waals surface area contributed by atoms with Gasteiger partial charge >= 0.3 is 6.18 Å². The van der Waals surface area contributed by atoms with Gasteiger partial charge in [0.2, 0.25) is 11.7 Å². The van der Waals surface area contributed by atoms with Crippen LogP contribution >= 0.6 is 0 Å². The molecular formula is C20H21F3N4O2. The zero-order valence-corrected chi connectivity index (χ0v) is 15.8. The van der Waals surface area contributed by atoms with Crippen molar-refractivity contribution in [3.05, 3.63) is 35.7 Å². The molecule has 1 aromatic carbocycles. The molecular weight excluding hydrogens is 385 g/mol. The first kappa shape index (κ1) is 19.9. The lowest BCUT2D eigenvalue weighted by molar-refractivity contribution is -0.139. The number of ether oxygens (including phenoxy) is 1. The molecule has 0 radical (unpaired) electrons. The van der Waals surface area contributed by atoms with Crippen LogP contribution in [0.2, 0.25) is 0 Å². The molecule has 1 spiro atoms. The normalized spacial score (nSPS) is 25.8. The molecule has 0 aliphatic carbocycles. The molecule has 0 bridgehead atoms. The van der Waals surface area contributed by atoms with Crippen LogP contribution in [0.15, 0.2) is 28.8 Å². The predicted octanol–water partition coefficient (Wildman–Crippen LogP) is 4.18. The van der Waals surface area contributed by atoms with Gasteiger partial charge in [0.15, 0.2) is 0 Å². The second-order valence-corrected chi connectivity index (χ2v) is 7.57.